The Balaban J connectivity index is 1.87. The van der Waals surface area contributed by atoms with Gasteiger partial charge in [0, 0.05) is 12.7 Å². The van der Waals surface area contributed by atoms with E-state index >= 15 is 0 Å². The highest BCUT2D eigenvalue weighted by atomic mass is 16.5. The number of imide groups is 1. The number of ether oxygens (including phenoxy) is 1. The summed E-state index contributed by atoms with van der Waals surface area (Å²) in [7, 11) is 1.43. The summed E-state index contributed by atoms with van der Waals surface area (Å²) in [5, 5.41) is 2.74. The van der Waals surface area contributed by atoms with Crippen molar-refractivity contribution in [3.8, 4) is 5.75 Å². The van der Waals surface area contributed by atoms with Crippen LogP contribution in [-0.4, -0.2) is 36.3 Å². The van der Waals surface area contributed by atoms with Gasteiger partial charge in [0.25, 0.3) is 17.7 Å². The lowest BCUT2D eigenvalue weighted by molar-refractivity contribution is 0.0692. The van der Waals surface area contributed by atoms with Crippen molar-refractivity contribution < 1.29 is 19.1 Å². The predicted molar refractivity (Wildman–Crippen MR) is 88.4 cm³/mol. The van der Waals surface area contributed by atoms with E-state index in [1.165, 1.54) is 13.1 Å². The van der Waals surface area contributed by atoms with Crippen molar-refractivity contribution in [1.82, 2.24) is 4.90 Å². The largest absolute Gasteiger partial charge is 0.493 e. The molecule has 6 nitrogen and oxygen atoms in total. The lowest BCUT2D eigenvalue weighted by atomic mass is 10.1. The number of benzene rings is 2. The Bertz CT molecular complexity index is 845. The average Bonchev–Trinajstić information content (AvgIpc) is 2.80. The van der Waals surface area contributed by atoms with Crippen LogP contribution in [0.25, 0.3) is 0 Å². The Kier molecular flexibility index (Phi) is 4.04. The molecular formula is C18H16N2O4. The number of amides is 3. The zero-order chi connectivity index (χ0) is 17.3. The molecule has 0 saturated heterocycles. The molecule has 0 radical (unpaired) electrons. The molecule has 1 aliphatic rings. The smallest absolute Gasteiger partial charge is 0.261 e. The predicted octanol–water partition coefficient (Wildman–Crippen LogP) is 2.56. The molecule has 0 atom stereocenters. The summed E-state index contributed by atoms with van der Waals surface area (Å²) in [6.45, 7) is 2.29. The molecule has 3 rings (SSSR count). The van der Waals surface area contributed by atoms with E-state index in [-0.39, 0.29) is 17.7 Å². The van der Waals surface area contributed by atoms with Crippen LogP contribution < -0.4 is 10.1 Å². The molecule has 24 heavy (non-hydrogen) atoms. The minimum absolute atomic E-state index is 0.290. The molecule has 0 aromatic heterocycles. The Morgan fingerprint density at radius 1 is 1.08 bits per heavy atom. The van der Waals surface area contributed by atoms with Gasteiger partial charge in [-0.25, -0.2) is 0 Å². The molecule has 0 bridgehead atoms. The van der Waals surface area contributed by atoms with Crippen LogP contribution >= 0.6 is 0 Å². The number of carbonyl (C=O) groups is 3. The molecule has 0 saturated carbocycles. The van der Waals surface area contributed by atoms with Crippen molar-refractivity contribution in [2.45, 2.75) is 6.92 Å². The van der Waals surface area contributed by atoms with Crippen LogP contribution in [-0.2, 0) is 0 Å². The molecule has 122 valence electrons. The highest BCUT2D eigenvalue weighted by Gasteiger charge is 2.32. The van der Waals surface area contributed by atoms with Gasteiger partial charge in [-0.2, -0.15) is 0 Å². The van der Waals surface area contributed by atoms with E-state index < -0.39 is 0 Å². The van der Waals surface area contributed by atoms with Crippen LogP contribution in [0.2, 0.25) is 0 Å². The summed E-state index contributed by atoms with van der Waals surface area (Å²) in [4.78, 5) is 37.4. The number of rotatable bonds is 4. The SMILES string of the molecule is CCOc1ccccc1C(=O)Nc1ccc2c(c1)C(=O)N(C)C2=O. The third-order valence-electron chi connectivity index (χ3n) is 3.78. The van der Waals surface area contributed by atoms with Crippen molar-refractivity contribution in [2.24, 2.45) is 0 Å². The molecule has 2 aromatic rings. The minimum Gasteiger partial charge on any atom is -0.493 e. The maximum Gasteiger partial charge on any atom is 0.261 e. The summed E-state index contributed by atoms with van der Waals surface area (Å²) in [6.07, 6.45) is 0. The number of para-hydroxylation sites is 1. The molecule has 6 heteroatoms. The number of nitrogens with one attached hydrogen (secondary N) is 1. The Morgan fingerprint density at radius 3 is 2.54 bits per heavy atom. The van der Waals surface area contributed by atoms with Gasteiger partial charge in [-0.15, -0.1) is 0 Å². The molecule has 0 unspecified atom stereocenters. The first-order valence-corrected chi connectivity index (χ1v) is 7.52. The maximum absolute atomic E-state index is 12.5. The van der Waals surface area contributed by atoms with E-state index in [1.807, 2.05) is 6.92 Å². The summed E-state index contributed by atoms with van der Waals surface area (Å²) in [5.74, 6) is -0.566. The second-order valence-electron chi connectivity index (χ2n) is 5.31. The Labute approximate surface area is 139 Å². The van der Waals surface area contributed by atoms with Gasteiger partial charge in [0.05, 0.1) is 23.3 Å². The molecule has 1 heterocycles. The van der Waals surface area contributed by atoms with E-state index in [4.69, 9.17) is 4.74 Å². The molecule has 1 aliphatic heterocycles. The standard InChI is InChI=1S/C18H16N2O4/c1-3-24-15-7-5-4-6-13(15)16(21)19-11-8-9-12-14(10-11)18(23)20(2)17(12)22/h4-10H,3H2,1-2H3,(H,19,21). The Hall–Kier alpha value is -3.15. The summed E-state index contributed by atoms with van der Waals surface area (Å²) in [5.41, 5.74) is 1.48. The fourth-order valence-corrected chi connectivity index (χ4v) is 2.57. The van der Waals surface area contributed by atoms with Crippen molar-refractivity contribution in [3.63, 3.8) is 0 Å². The monoisotopic (exact) mass is 324 g/mol. The van der Waals surface area contributed by atoms with Gasteiger partial charge in [-0.1, -0.05) is 12.1 Å². The highest BCUT2D eigenvalue weighted by molar-refractivity contribution is 6.21. The van der Waals surface area contributed by atoms with Gasteiger partial charge >= 0.3 is 0 Å². The first kappa shape index (κ1) is 15.7. The second kappa shape index (κ2) is 6.16. The highest BCUT2D eigenvalue weighted by Crippen LogP contribution is 2.26. The quantitative estimate of drug-likeness (QED) is 0.877. The van der Waals surface area contributed by atoms with Crippen molar-refractivity contribution in [2.75, 3.05) is 19.0 Å². The zero-order valence-corrected chi connectivity index (χ0v) is 13.3. The number of anilines is 1. The van der Waals surface area contributed by atoms with Gasteiger partial charge < -0.3 is 10.1 Å². The molecule has 0 aliphatic carbocycles. The first-order chi connectivity index (χ1) is 11.5. The van der Waals surface area contributed by atoms with Crippen LogP contribution in [0.4, 0.5) is 5.69 Å². The van der Waals surface area contributed by atoms with Gasteiger partial charge in [-0.05, 0) is 37.3 Å². The molecule has 1 N–H and O–H groups in total. The molecule has 3 amide bonds. The van der Waals surface area contributed by atoms with Gasteiger partial charge in [0.15, 0.2) is 0 Å². The number of hydrogen-bond acceptors (Lipinski definition) is 4. The molecule has 2 aromatic carbocycles. The van der Waals surface area contributed by atoms with E-state index in [9.17, 15) is 14.4 Å². The number of nitrogens with zero attached hydrogens (tertiary/aromatic N) is 1. The van der Waals surface area contributed by atoms with E-state index in [0.29, 0.717) is 34.7 Å². The van der Waals surface area contributed by atoms with E-state index in [1.54, 1.807) is 36.4 Å². The number of fused-ring (bicyclic) bond motifs is 1. The number of hydrogen-bond donors (Lipinski definition) is 1. The van der Waals surface area contributed by atoms with Crippen LogP contribution in [0.15, 0.2) is 42.5 Å². The lowest BCUT2D eigenvalue weighted by Gasteiger charge is -2.10. The third kappa shape index (κ3) is 2.62. The maximum atomic E-state index is 12.5. The van der Waals surface area contributed by atoms with E-state index in [0.717, 1.165) is 4.90 Å². The second-order valence-corrected chi connectivity index (χ2v) is 5.31. The fraction of sp³-hybridized carbons (Fsp3) is 0.167. The van der Waals surface area contributed by atoms with Crippen LogP contribution in [0, 0.1) is 0 Å². The van der Waals surface area contributed by atoms with Crippen molar-refractivity contribution in [1.29, 1.82) is 0 Å². The fourth-order valence-electron chi connectivity index (χ4n) is 2.57. The van der Waals surface area contributed by atoms with Gasteiger partial charge in [0.2, 0.25) is 0 Å². The molecule has 0 fully saturated rings. The van der Waals surface area contributed by atoms with Gasteiger partial charge in [-0.3, -0.25) is 19.3 Å². The van der Waals surface area contributed by atoms with Crippen LogP contribution in [0.1, 0.15) is 38.0 Å². The topological polar surface area (TPSA) is 75.7 Å². The average molecular weight is 324 g/mol. The third-order valence-corrected chi connectivity index (χ3v) is 3.78. The minimum atomic E-state index is -0.374. The van der Waals surface area contributed by atoms with Crippen LogP contribution in [0.5, 0.6) is 5.75 Å². The number of carbonyl (C=O) groups excluding carboxylic acids is 3. The zero-order valence-electron chi connectivity index (χ0n) is 13.3. The Morgan fingerprint density at radius 2 is 1.79 bits per heavy atom. The summed E-state index contributed by atoms with van der Waals surface area (Å²) < 4.78 is 5.45. The lowest BCUT2D eigenvalue weighted by Crippen LogP contribution is -2.24. The van der Waals surface area contributed by atoms with Crippen molar-refractivity contribution in [3.05, 3.63) is 59.2 Å². The van der Waals surface area contributed by atoms with E-state index in [2.05, 4.69) is 5.32 Å². The molecule has 0 spiro atoms. The normalized spacial score (nSPS) is 13.0. The molecular weight excluding hydrogens is 308 g/mol. The first-order valence-electron chi connectivity index (χ1n) is 7.52. The van der Waals surface area contributed by atoms with Crippen molar-refractivity contribution >= 4 is 23.4 Å². The van der Waals surface area contributed by atoms with Crippen LogP contribution in [0.3, 0.4) is 0 Å². The van der Waals surface area contributed by atoms with Gasteiger partial charge in [0.1, 0.15) is 5.75 Å². The summed E-state index contributed by atoms with van der Waals surface area (Å²) in [6, 6.07) is 11.6. The summed E-state index contributed by atoms with van der Waals surface area (Å²) >= 11 is 0.